The lowest BCUT2D eigenvalue weighted by molar-refractivity contribution is -0.320. The van der Waals surface area contributed by atoms with Crippen molar-refractivity contribution in [3.8, 4) is 0 Å². The van der Waals surface area contributed by atoms with Crippen LogP contribution in [-0.4, -0.2) is 39.0 Å². The van der Waals surface area contributed by atoms with E-state index in [4.69, 9.17) is 18.9 Å². The van der Waals surface area contributed by atoms with Crippen molar-refractivity contribution < 1.29 is 18.9 Å². The molecule has 4 nitrogen and oxygen atoms in total. The van der Waals surface area contributed by atoms with E-state index in [0.29, 0.717) is 13.2 Å². The van der Waals surface area contributed by atoms with Crippen LogP contribution in [0.15, 0.2) is 0 Å². The van der Waals surface area contributed by atoms with Gasteiger partial charge in [-0.15, -0.1) is 0 Å². The molecule has 0 radical (unpaired) electrons. The topological polar surface area (TPSA) is 36.9 Å². The maximum Gasteiger partial charge on any atom is 0.209 e. The van der Waals surface area contributed by atoms with Gasteiger partial charge in [-0.25, -0.2) is 0 Å². The maximum atomic E-state index is 5.96. The SMILES string of the molecule is C1CCC(CCCO[C@@H]2OCCO[C@H]2OCCCC2CCCCC2)CC1. The summed E-state index contributed by atoms with van der Waals surface area (Å²) in [6.45, 7) is 2.73. The molecule has 1 saturated heterocycles. The molecular formula is C22H40O4. The van der Waals surface area contributed by atoms with Crippen LogP contribution in [-0.2, 0) is 18.9 Å². The minimum Gasteiger partial charge on any atom is -0.348 e. The zero-order chi connectivity index (χ0) is 17.9. The third-order valence-corrected chi connectivity index (χ3v) is 6.40. The molecule has 0 bridgehead atoms. The lowest BCUT2D eigenvalue weighted by Crippen LogP contribution is -2.42. The zero-order valence-corrected chi connectivity index (χ0v) is 16.7. The van der Waals surface area contributed by atoms with Gasteiger partial charge in [0, 0.05) is 13.2 Å². The van der Waals surface area contributed by atoms with Crippen molar-refractivity contribution in [1.29, 1.82) is 0 Å². The molecular weight excluding hydrogens is 328 g/mol. The Morgan fingerprint density at radius 2 is 1.00 bits per heavy atom. The highest BCUT2D eigenvalue weighted by atomic mass is 16.8. The molecule has 4 heteroatoms. The molecule has 3 rings (SSSR count). The normalized spacial score (nSPS) is 29.1. The maximum absolute atomic E-state index is 5.96. The first kappa shape index (κ1) is 20.6. The van der Waals surface area contributed by atoms with E-state index in [1.165, 1.54) is 77.0 Å². The van der Waals surface area contributed by atoms with E-state index in [9.17, 15) is 0 Å². The van der Waals surface area contributed by atoms with Gasteiger partial charge in [0.1, 0.15) is 0 Å². The van der Waals surface area contributed by atoms with E-state index in [-0.39, 0.29) is 12.6 Å². The van der Waals surface area contributed by atoms with Crippen LogP contribution in [0, 0.1) is 11.8 Å². The third kappa shape index (κ3) is 7.46. The largest absolute Gasteiger partial charge is 0.348 e. The standard InChI is InChI=1S/C22H40O4/c1-3-9-19(10-4-1)13-7-15-23-21-22(26-18-17-25-21)24-16-8-14-20-11-5-2-6-12-20/h19-22H,1-18H2/t21-,22-/m1/s1. The fourth-order valence-electron chi connectivity index (χ4n) is 4.83. The second-order valence-corrected chi connectivity index (χ2v) is 8.51. The highest BCUT2D eigenvalue weighted by Gasteiger charge is 2.28. The average Bonchev–Trinajstić information content (AvgIpc) is 2.71. The van der Waals surface area contributed by atoms with Gasteiger partial charge in [-0.05, 0) is 37.5 Å². The zero-order valence-electron chi connectivity index (χ0n) is 16.7. The van der Waals surface area contributed by atoms with Gasteiger partial charge in [-0.1, -0.05) is 64.2 Å². The second kappa shape index (κ2) is 12.3. The first-order chi connectivity index (χ1) is 12.9. The van der Waals surface area contributed by atoms with Gasteiger partial charge in [-0.2, -0.15) is 0 Å². The lowest BCUT2D eigenvalue weighted by Gasteiger charge is -2.32. The summed E-state index contributed by atoms with van der Waals surface area (Å²) >= 11 is 0. The molecule has 1 aliphatic heterocycles. The van der Waals surface area contributed by atoms with E-state index < -0.39 is 0 Å². The van der Waals surface area contributed by atoms with Crippen molar-refractivity contribution in [3.05, 3.63) is 0 Å². The fraction of sp³-hybridized carbons (Fsp3) is 1.00. The second-order valence-electron chi connectivity index (χ2n) is 8.51. The molecule has 2 aliphatic carbocycles. The number of rotatable bonds is 10. The predicted molar refractivity (Wildman–Crippen MR) is 103 cm³/mol. The highest BCUT2D eigenvalue weighted by Crippen LogP contribution is 2.28. The van der Waals surface area contributed by atoms with Gasteiger partial charge in [0.15, 0.2) is 0 Å². The van der Waals surface area contributed by atoms with Crippen molar-refractivity contribution in [2.24, 2.45) is 11.8 Å². The van der Waals surface area contributed by atoms with Crippen LogP contribution in [0.2, 0.25) is 0 Å². The molecule has 2 atom stereocenters. The molecule has 26 heavy (non-hydrogen) atoms. The molecule has 0 aromatic heterocycles. The summed E-state index contributed by atoms with van der Waals surface area (Å²) in [6, 6.07) is 0. The van der Waals surface area contributed by atoms with Crippen LogP contribution in [0.3, 0.4) is 0 Å². The van der Waals surface area contributed by atoms with Gasteiger partial charge in [0.2, 0.25) is 12.6 Å². The monoisotopic (exact) mass is 368 g/mol. The fourth-order valence-corrected chi connectivity index (χ4v) is 4.83. The minimum atomic E-state index is -0.343. The van der Waals surface area contributed by atoms with Crippen molar-refractivity contribution in [1.82, 2.24) is 0 Å². The lowest BCUT2D eigenvalue weighted by atomic mass is 9.86. The van der Waals surface area contributed by atoms with Crippen LogP contribution in [0.4, 0.5) is 0 Å². The molecule has 2 saturated carbocycles. The van der Waals surface area contributed by atoms with E-state index >= 15 is 0 Å². The van der Waals surface area contributed by atoms with E-state index in [1.807, 2.05) is 0 Å². The Hall–Kier alpha value is -0.160. The third-order valence-electron chi connectivity index (χ3n) is 6.40. The number of ether oxygens (including phenoxy) is 4. The van der Waals surface area contributed by atoms with Gasteiger partial charge in [-0.3, -0.25) is 0 Å². The Morgan fingerprint density at radius 3 is 1.42 bits per heavy atom. The van der Waals surface area contributed by atoms with Gasteiger partial charge < -0.3 is 18.9 Å². The van der Waals surface area contributed by atoms with Crippen molar-refractivity contribution in [3.63, 3.8) is 0 Å². The molecule has 0 aromatic rings. The highest BCUT2D eigenvalue weighted by molar-refractivity contribution is 4.67. The molecule has 0 unspecified atom stereocenters. The molecule has 152 valence electrons. The smallest absolute Gasteiger partial charge is 0.209 e. The van der Waals surface area contributed by atoms with Crippen molar-refractivity contribution >= 4 is 0 Å². The average molecular weight is 369 g/mol. The summed E-state index contributed by atoms with van der Waals surface area (Å²) in [5.41, 5.74) is 0. The molecule has 3 fully saturated rings. The Kier molecular flexibility index (Phi) is 9.75. The van der Waals surface area contributed by atoms with Gasteiger partial charge >= 0.3 is 0 Å². The van der Waals surface area contributed by atoms with Crippen LogP contribution < -0.4 is 0 Å². The van der Waals surface area contributed by atoms with Crippen LogP contribution in [0.25, 0.3) is 0 Å². The summed E-state index contributed by atoms with van der Waals surface area (Å²) < 4.78 is 23.4. The Balaban J connectivity index is 1.25. The minimum absolute atomic E-state index is 0.343. The molecule has 3 aliphatic rings. The van der Waals surface area contributed by atoms with Crippen LogP contribution in [0.1, 0.15) is 89.9 Å². The molecule has 0 spiro atoms. The summed E-state index contributed by atoms with van der Waals surface area (Å²) in [6.07, 6.45) is 18.3. The Morgan fingerprint density at radius 1 is 0.577 bits per heavy atom. The van der Waals surface area contributed by atoms with Gasteiger partial charge in [0.25, 0.3) is 0 Å². The van der Waals surface area contributed by atoms with E-state index in [0.717, 1.165) is 37.9 Å². The number of hydrogen-bond donors (Lipinski definition) is 0. The quantitative estimate of drug-likeness (QED) is 0.481. The Bertz CT molecular complexity index is 316. The molecule has 1 heterocycles. The Labute approximate surface area is 160 Å². The first-order valence-corrected chi connectivity index (χ1v) is 11.4. The predicted octanol–water partition coefficient (Wildman–Crippen LogP) is 5.44. The summed E-state index contributed by atoms with van der Waals surface area (Å²) in [7, 11) is 0. The summed E-state index contributed by atoms with van der Waals surface area (Å²) in [5.74, 6) is 1.84. The molecule has 0 N–H and O–H groups in total. The van der Waals surface area contributed by atoms with E-state index in [2.05, 4.69) is 0 Å². The molecule has 0 amide bonds. The van der Waals surface area contributed by atoms with Gasteiger partial charge in [0.05, 0.1) is 13.2 Å². The van der Waals surface area contributed by atoms with E-state index in [1.54, 1.807) is 0 Å². The number of hydrogen-bond acceptors (Lipinski definition) is 4. The van der Waals surface area contributed by atoms with Crippen molar-refractivity contribution in [2.75, 3.05) is 26.4 Å². The van der Waals surface area contributed by atoms with Crippen LogP contribution in [0.5, 0.6) is 0 Å². The summed E-state index contributed by atoms with van der Waals surface area (Å²) in [4.78, 5) is 0. The van der Waals surface area contributed by atoms with Crippen molar-refractivity contribution in [2.45, 2.75) is 102 Å². The summed E-state index contributed by atoms with van der Waals surface area (Å²) in [5, 5.41) is 0. The van der Waals surface area contributed by atoms with Crippen LogP contribution >= 0.6 is 0 Å². The molecule has 0 aromatic carbocycles. The first-order valence-electron chi connectivity index (χ1n) is 11.4.